The molecule has 6 heteroatoms. The maximum Gasteiger partial charge on any atom is 0.137 e. The van der Waals surface area contributed by atoms with E-state index in [1.807, 2.05) is 35.1 Å². The van der Waals surface area contributed by atoms with E-state index in [4.69, 9.17) is 11.6 Å². The van der Waals surface area contributed by atoms with Crippen LogP contribution in [0.2, 0.25) is 5.02 Å². The van der Waals surface area contributed by atoms with Crippen molar-refractivity contribution in [2.24, 2.45) is 0 Å². The molecular weight excluding hydrogens is 334 g/mol. The van der Waals surface area contributed by atoms with Gasteiger partial charge in [-0.15, -0.1) is 0 Å². The van der Waals surface area contributed by atoms with Crippen molar-refractivity contribution in [1.29, 1.82) is 0 Å². The average molecular weight is 350 g/mol. The van der Waals surface area contributed by atoms with Crippen LogP contribution in [-0.4, -0.2) is 19.7 Å². The number of rotatable bonds is 5. The Morgan fingerprint density at radius 3 is 2.80 bits per heavy atom. The van der Waals surface area contributed by atoms with Crippen LogP contribution in [0.15, 0.2) is 67.3 Å². The van der Waals surface area contributed by atoms with Crippen LogP contribution in [0.5, 0.6) is 0 Å². The third-order valence-corrected chi connectivity index (χ3v) is 4.19. The molecule has 0 atom stereocenters. The molecule has 2 heterocycles. The van der Waals surface area contributed by atoms with Crippen LogP contribution in [0.1, 0.15) is 11.1 Å². The van der Waals surface area contributed by atoms with Crippen molar-refractivity contribution in [3.8, 4) is 0 Å². The van der Waals surface area contributed by atoms with Gasteiger partial charge in [0.25, 0.3) is 0 Å². The molecule has 0 saturated heterocycles. The summed E-state index contributed by atoms with van der Waals surface area (Å²) >= 11 is 6.03. The maximum absolute atomic E-state index is 6.03. The van der Waals surface area contributed by atoms with Gasteiger partial charge in [-0.25, -0.2) is 9.97 Å². The fourth-order valence-electron chi connectivity index (χ4n) is 2.78. The van der Waals surface area contributed by atoms with E-state index in [1.54, 1.807) is 12.5 Å². The Labute approximate surface area is 150 Å². The smallest absolute Gasteiger partial charge is 0.137 e. The van der Waals surface area contributed by atoms with E-state index in [9.17, 15) is 0 Å². The molecule has 0 aliphatic rings. The molecule has 1 N–H and O–H groups in total. The molecule has 0 fully saturated rings. The monoisotopic (exact) mass is 349 g/mol. The summed E-state index contributed by atoms with van der Waals surface area (Å²) in [4.78, 5) is 8.62. The minimum Gasteiger partial charge on any atom is -0.365 e. The molecule has 4 aromatic rings. The van der Waals surface area contributed by atoms with E-state index in [1.165, 1.54) is 11.1 Å². The zero-order valence-electron chi connectivity index (χ0n) is 13.4. The molecule has 5 nitrogen and oxygen atoms in total. The number of anilines is 1. The summed E-state index contributed by atoms with van der Waals surface area (Å²) in [7, 11) is 0. The molecule has 0 saturated carbocycles. The highest BCUT2D eigenvalue weighted by atomic mass is 35.5. The molecule has 124 valence electrons. The number of fused-ring (bicyclic) bond motifs is 1. The molecule has 0 unspecified atom stereocenters. The number of halogens is 1. The molecule has 2 aromatic carbocycles. The lowest BCUT2D eigenvalue weighted by Crippen LogP contribution is -2.04. The van der Waals surface area contributed by atoms with Crippen molar-refractivity contribution < 1.29 is 0 Å². The largest absolute Gasteiger partial charge is 0.365 e. The van der Waals surface area contributed by atoms with Gasteiger partial charge in [-0.05, 0) is 35.4 Å². The molecule has 0 radical (unpaired) electrons. The molecule has 4 rings (SSSR count). The minimum absolute atomic E-state index is 0.670. The van der Waals surface area contributed by atoms with Gasteiger partial charge in [0.05, 0.1) is 12.1 Å². The molecule has 0 bridgehead atoms. The zero-order valence-corrected chi connectivity index (χ0v) is 14.2. The molecule has 0 spiro atoms. The Morgan fingerprint density at radius 2 is 1.92 bits per heavy atom. The second-order valence-electron chi connectivity index (χ2n) is 5.76. The van der Waals surface area contributed by atoms with Gasteiger partial charge in [-0.3, -0.25) is 4.68 Å². The van der Waals surface area contributed by atoms with Crippen LogP contribution in [0.4, 0.5) is 5.82 Å². The molecular formula is C19H16ClN5. The molecule has 2 aromatic heterocycles. The Bertz CT molecular complexity index is 998. The van der Waals surface area contributed by atoms with Crippen LogP contribution >= 0.6 is 11.6 Å². The van der Waals surface area contributed by atoms with Gasteiger partial charge < -0.3 is 5.32 Å². The predicted octanol–water partition coefficient (Wildman–Crippen LogP) is 4.14. The Morgan fingerprint density at radius 1 is 1.00 bits per heavy atom. The number of benzene rings is 2. The summed E-state index contributed by atoms with van der Waals surface area (Å²) in [6.07, 6.45) is 5.30. The first-order valence-corrected chi connectivity index (χ1v) is 8.35. The Kier molecular flexibility index (Phi) is 4.31. The van der Waals surface area contributed by atoms with E-state index in [2.05, 4.69) is 44.6 Å². The first kappa shape index (κ1) is 15.6. The minimum atomic E-state index is 0.670. The lowest BCUT2D eigenvalue weighted by molar-refractivity contribution is 0.686. The van der Waals surface area contributed by atoms with Gasteiger partial charge in [0.15, 0.2) is 0 Å². The van der Waals surface area contributed by atoms with Gasteiger partial charge in [0.1, 0.15) is 12.1 Å². The van der Waals surface area contributed by atoms with Crippen molar-refractivity contribution in [3.63, 3.8) is 0 Å². The van der Waals surface area contributed by atoms with Crippen LogP contribution in [0, 0.1) is 0 Å². The number of nitrogens with zero attached hydrogens (tertiary/aromatic N) is 4. The van der Waals surface area contributed by atoms with E-state index >= 15 is 0 Å². The van der Waals surface area contributed by atoms with Crippen LogP contribution in [-0.2, 0) is 13.1 Å². The van der Waals surface area contributed by atoms with Gasteiger partial charge in [0, 0.05) is 29.3 Å². The summed E-state index contributed by atoms with van der Waals surface area (Å²) in [6.45, 7) is 1.44. The molecule has 0 aliphatic heterocycles. The highest BCUT2D eigenvalue weighted by Gasteiger charge is 2.05. The van der Waals surface area contributed by atoms with Crippen molar-refractivity contribution >= 4 is 28.3 Å². The average Bonchev–Trinajstić information content (AvgIpc) is 3.13. The van der Waals surface area contributed by atoms with Crippen molar-refractivity contribution in [1.82, 2.24) is 19.7 Å². The van der Waals surface area contributed by atoms with E-state index < -0.39 is 0 Å². The second-order valence-corrected chi connectivity index (χ2v) is 6.20. The van der Waals surface area contributed by atoms with Gasteiger partial charge in [-0.1, -0.05) is 35.9 Å². The van der Waals surface area contributed by atoms with Crippen LogP contribution < -0.4 is 5.32 Å². The van der Waals surface area contributed by atoms with Crippen molar-refractivity contribution in [2.75, 3.05) is 5.32 Å². The van der Waals surface area contributed by atoms with Crippen LogP contribution in [0.3, 0.4) is 0 Å². The highest BCUT2D eigenvalue weighted by Crippen LogP contribution is 2.23. The van der Waals surface area contributed by atoms with Gasteiger partial charge in [0.2, 0.25) is 0 Å². The highest BCUT2D eigenvalue weighted by molar-refractivity contribution is 6.31. The third-order valence-electron chi connectivity index (χ3n) is 3.95. The number of aromatic nitrogens is 4. The van der Waals surface area contributed by atoms with Gasteiger partial charge >= 0.3 is 0 Å². The third kappa shape index (κ3) is 3.61. The lowest BCUT2D eigenvalue weighted by atomic mass is 10.1. The predicted molar refractivity (Wildman–Crippen MR) is 99.6 cm³/mol. The normalized spacial score (nSPS) is 10.9. The number of hydrogen-bond acceptors (Lipinski definition) is 4. The first-order valence-electron chi connectivity index (χ1n) is 7.97. The number of hydrogen-bond donors (Lipinski definition) is 1. The topological polar surface area (TPSA) is 55.6 Å². The summed E-state index contributed by atoms with van der Waals surface area (Å²) in [5.41, 5.74) is 3.23. The second kappa shape index (κ2) is 6.91. The quantitative estimate of drug-likeness (QED) is 0.588. The van der Waals surface area contributed by atoms with E-state index in [0.29, 0.717) is 11.6 Å². The Balaban J connectivity index is 1.52. The Hall–Kier alpha value is -2.92. The van der Waals surface area contributed by atoms with Crippen molar-refractivity contribution in [3.05, 3.63) is 83.4 Å². The van der Waals surface area contributed by atoms with Crippen molar-refractivity contribution in [2.45, 2.75) is 13.1 Å². The molecule has 25 heavy (non-hydrogen) atoms. The molecule has 0 aliphatic carbocycles. The van der Waals surface area contributed by atoms with Gasteiger partial charge in [-0.2, -0.15) is 5.10 Å². The summed E-state index contributed by atoms with van der Waals surface area (Å²) in [6, 6.07) is 16.0. The maximum atomic E-state index is 6.03. The lowest BCUT2D eigenvalue weighted by Gasteiger charge is -2.10. The van der Waals surface area contributed by atoms with Crippen LogP contribution in [0.25, 0.3) is 10.9 Å². The summed E-state index contributed by atoms with van der Waals surface area (Å²) in [5.74, 6) is 0.805. The summed E-state index contributed by atoms with van der Waals surface area (Å²) < 4.78 is 1.91. The SMILES string of the molecule is Clc1ccc2c(NCc3cccc(Cn4cccn4)c3)ncnc2c1. The number of nitrogens with one attached hydrogen (secondary N) is 1. The fourth-order valence-corrected chi connectivity index (χ4v) is 2.94. The van der Waals surface area contributed by atoms with E-state index in [0.717, 1.165) is 23.3 Å². The fraction of sp³-hybridized carbons (Fsp3) is 0.105. The first-order chi connectivity index (χ1) is 12.3. The standard InChI is InChI=1S/C19H16ClN5/c20-16-5-6-17-18(10-16)22-13-23-19(17)21-11-14-3-1-4-15(9-14)12-25-8-2-7-24-25/h1-10,13H,11-12H2,(H,21,22,23). The zero-order chi connectivity index (χ0) is 17.1. The summed E-state index contributed by atoms with van der Waals surface area (Å²) in [5, 5.41) is 9.27. The molecule has 0 amide bonds. The van der Waals surface area contributed by atoms with E-state index in [-0.39, 0.29) is 0 Å².